The molecule has 0 amide bonds. The van der Waals surface area contributed by atoms with Crippen LogP contribution in [0.1, 0.15) is 25.8 Å². The van der Waals surface area contributed by atoms with Crippen molar-refractivity contribution in [2.75, 3.05) is 24.6 Å². The monoisotopic (exact) mass is 440 g/mol. The van der Waals surface area contributed by atoms with Gasteiger partial charge in [0, 0.05) is 28.8 Å². The van der Waals surface area contributed by atoms with E-state index in [9.17, 15) is 0 Å². The number of hydrogen-bond acceptors (Lipinski definition) is 8. The Hall–Kier alpha value is -2.41. The minimum atomic E-state index is 0.378. The molecule has 0 fully saturated rings. The molecule has 7 nitrogen and oxygen atoms in total. The fourth-order valence-electron chi connectivity index (χ4n) is 3.21. The molecule has 0 aliphatic carbocycles. The van der Waals surface area contributed by atoms with E-state index in [0.29, 0.717) is 24.0 Å². The van der Waals surface area contributed by atoms with Crippen molar-refractivity contribution in [1.29, 1.82) is 0 Å². The molecule has 3 heterocycles. The minimum Gasteiger partial charge on any atom is -0.492 e. The van der Waals surface area contributed by atoms with Crippen molar-refractivity contribution in [3.63, 3.8) is 0 Å². The largest absolute Gasteiger partial charge is 0.492 e. The van der Waals surface area contributed by atoms with Gasteiger partial charge in [0.15, 0.2) is 22.1 Å². The van der Waals surface area contributed by atoms with Gasteiger partial charge in [-0.3, -0.25) is 0 Å². The zero-order valence-corrected chi connectivity index (χ0v) is 18.6. The molecule has 2 aromatic heterocycles. The highest BCUT2D eigenvalue weighted by Gasteiger charge is 2.20. The van der Waals surface area contributed by atoms with Gasteiger partial charge in [0.2, 0.25) is 0 Å². The lowest BCUT2D eigenvalue weighted by Gasteiger charge is -2.18. The first-order valence-corrected chi connectivity index (χ1v) is 11.6. The molecule has 4 rings (SSSR count). The number of rotatable bonds is 7. The molecule has 1 aromatic carbocycles. The van der Waals surface area contributed by atoms with Crippen molar-refractivity contribution in [1.82, 2.24) is 24.8 Å². The zero-order chi connectivity index (χ0) is 21.1. The smallest absolute Gasteiger partial charge is 0.175 e. The van der Waals surface area contributed by atoms with E-state index in [1.165, 1.54) is 18.1 Å². The molecule has 0 atom stereocenters. The van der Waals surface area contributed by atoms with E-state index in [4.69, 9.17) is 21.9 Å². The summed E-state index contributed by atoms with van der Waals surface area (Å²) < 4.78 is 7.92. The highest BCUT2D eigenvalue weighted by Crippen LogP contribution is 2.41. The fourth-order valence-corrected chi connectivity index (χ4v) is 5.07. The van der Waals surface area contributed by atoms with Crippen LogP contribution in [0.4, 0.5) is 5.82 Å². The number of hydrogen-bond donors (Lipinski definition) is 2. The van der Waals surface area contributed by atoms with E-state index < -0.39 is 0 Å². The van der Waals surface area contributed by atoms with Crippen LogP contribution in [0, 0.1) is 12.3 Å². The van der Waals surface area contributed by atoms with Gasteiger partial charge in [-0.25, -0.2) is 15.0 Å². The quantitative estimate of drug-likeness (QED) is 0.427. The number of ether oxygens (including phenoxy) is 1. The summed E-state index contributed by atoms with van der Waals surface area (Å²) in [5.74, 6) is 4.99. The first-order chi connectivity index (χ1) is 14.6. The van der Waals surface area contributed by atoms with Crippen LogP contribution in [0.2, 0.25) is 0 Å². The molecule has 156 valence electrons. The van der Waals surface area contributed by atoms with Crippen molar-refractivity contribution < 1.29 is 4.74 Å². The van der Waals surface area contributed by atoms with Crippen LogP contribution in [0.5, 0.6) is 5.75 Å². The van der Waals surface area contributed by atoms with Gasteiger partial charge in [0.05, 0.1) is 11.5 Å². The maximum absolute atomic E-state index is 6.07. The van der Waals surface area contributed by atoms with Gasteiger partial charge in [-0.05, 0) is 25.1 Å². The van der Waals surface area contributed by atoms with Gasteiger partial charge in [-0.1, -0.05) is 31.5 Å². The first-order valence-electron chi connectivity index (χ1n) is 9.85. The van der Waals surface area contributed by atoms with Crippen LogP contribution in [-0.2, 0) is 6.54 Å². The Bertz CT molecular complexity index is 1110. The van der Waals surface area contributed by atoms with Crippen molar-refractivity contribution >= 4 is 40.5 Å². The number of aromatic nitrogens is 4. The SMILES string of the molecule is C#Cc1cc2c(cc1Sc1nc3c(N)ncnc3n1CCCNC(C)C)OCCS2. The maximum Gasteiger partial charge on any atom is 0.175 e. The van der Waals surface area contributed by atoms with Gasteiger partial charge in [0.1, 0.15) is 12.1 Å². The summed E-state index contributed by atoms with van der Waals surface area (Å²) in [6.07, 6.45) is 8.23. The number of fused-ring (bicyclic) bond motifs is 2. The Morgan fingerprint density at radius 2 is 2.27 bits per heavy atom. The first kappa shape index (κ1) is 20.8. The molecule has 1 aliphatic heterocycles. The number of aryl methyl sites for hydroxylation is 1. The van der Waals surface area contributed by atoms with Gasteiger partial charge < -0.3 is 20.4 Å². The number of nitrogens with zero attached hydrogens (tertiary/aromatic N) is 4. The summed E-state index contributed by atoms with van der Waals surface area (Å²) >= 11 is 3.28. The third-order valence-corrected chi connectivity index (χ3v) is 6.69. The Morgan fingerprint density at radius 3 is 3.07 bits per heavy atom. The van der Waals surface area contributed by atoms with Gasteiger partial charge in [-0.15, -0.1) is 18.2 Å². The highest BCUT2D eigenvalue weighted by atomic mass is 32.2. The predicted molar refractivity (Wildman–Crippen MR) is 122 cm³/mol. The molecule has 0 bridgehead atoms. The summed E-state index contributed by atoms with van der Waals surface area (Å²) in [6, 6.07) is 4.48. The van der Waals surface area contributed by atoms with Gasteiger partial charge in [0.25, 0.3) is 0 Å². The molecule has 3 aromatic rings. The minimum absolute atomic E-state index is 0.378. The average Bonchev–Trinajstić information content (AvgIpc) is 3.09. The van der Waals surface area contributed by atoms with Crippen molar-refractivity contribution in [3.8, 4) is 18.1 Å². The summed E-state index contributed by atoms with van der Waals surface area (Å²) in [5, 5.41) is 4.24. The van der Waals surface area contributed by atoms with E-state index >= 15 is 0 Å². The Kier molecular flexibility index (Phi) is 6.37. The standard InChI is InChI=1S/C21H24N6OS2/c1-4-14-10-17-15(28-8-9-29-17)11-16(14)30-21-26-18-19(22)24-12-25-20(18)27(21)7-5-6-23-13(2)3/h1,10-13,23H,5-9H2,2-3H3,(H2,22,24,25). The fraction of sp³-hybridized carbons (Fsp3) is 0.381. The molecule has 0 spiro atoms. The molecule has 30 heavy (non-hydrogen) atoms. The predicted octanol–water partition coefficient (Wildman–Crippen LogP) is 3.41. The van der Waals surface area contributed by atoms with Gasteiger partial charge >= 0.3 is 0 Å². The lowest BCUT2D eigenvalue weighted by atomic mass is 10.2. The number of imidazole rings is 1. The van der Waals surface area contributed by atoms with Crippen LogP contribution in [0.25, 0.3) is 11.2 Å². The number of thioether (sulfide) groups is 1. The number of nitrogens with one attached hydrogen (secondary N) is 1. The second-order valence-corrected chi connectivity index (χ2v) is 9.32. The number of nitrogens with two attached hydrogens (primary N) is 1. The third kappa shape index (κ3) is 4.36. The summed E-state index contributed by atoms with van der Waals surface area (Å²) in [5.41, 5.74) is 8.25. The third-order valence-electron chi connectivity index (χ3n) is 4.64. The van der Waals surface area contributed by atoms with Crippen molar-refractivity contribution in [3.05, 3.63) is 24.0 Å². The topological polar surface area (TPSA) is 90.9 Å². The van der Waals surface area contributed by atoms with Crippen LogP contribution in [0.3, 0.4) is 0 Å². The normalized spacial score (nSPS) is 13.3. The average molecular weight is 441 g/mol. The van der Waals surface area contributed by atoms with Crippen LogP contribution >= 0.6 is 23.5 Å². The van der Waals surface area contributed by atoms with Crippen molar-refractivity contribution in [2.45, 2.75) is 47.8 Å². The molecule has 0 saturated carbocycles. The summed E-state index contributed by atoms with van der Waals surface area (Å²) in [4.78, 5) is 15.3. The number of benzene rings is 1. The van der Waals surface area contributed by atoms with E-state index in [-0.39, 0.29) is 0 Å². The van der Waals surface area contributed by atoms with Crippen LogP contribution < -0.4 is 15.8 Å². The van der Waals surface area contributed by atoms with Crippen LogP contribution in [0.15, 0.2) is 33.4 Å². The summed E-state index contributed by atoms with van der Waals surface area (Å²) in [7, 11) is 0. The van der Waals surface area contributed by atoms with E-state index in [1.807, 2.05) is 12.1 Å². The molecular formula is C21H24N6OS2. The molecule has 9 heteroatoms. The zero-order valence-electron chi connectivity index (χ0n) is 17.0. The van der Waals surface area contributed by atoms with Crippen LogP contribution in [-0.4, -0.2) is 44.5 Å². The maximum atomic E-state index is 6.07. The van der Waals surface area contributed by atoms with E-state index in [2.05, 4.69) is 39.6 Å². The molecule has 0 saturated heterocycles. The molecule has 0 unspecified atom stereocenters. The highest BCUT2D eigenvalue weighted by molar-refractivity contribution is 7.99. The summed E-state index contributed by atoms with van der Waals surface area (Å²) in [6.45, 7) is 6.64. The Morgan fingerprint density at radius 1 is 1.40 bits per heavy atom. The lowest BCUT2D eigenvalue weighted by Crippen LogP contribution is -2.24. The number of terminal acetylenes is 1. The van der Waals surface area contributed by atoms with Crippen molar-refractivity contribution in [2.24, 2.45) is 0 Å². The van der Waals surface area contributed by atoms with E-state index in [1.54, 1.807) is 11.8 Å². The second kappa shape index (κ2) is 9.16. The Labute approximate surface area is 184 Å². The number of nitrogen functional groups attached to an aromatic ring is 1. The molecular weight excluding hydrogens is 416 g/mol. The second-order valence-electron chi connectivity index (χ2n) is 7.18. The van der Waals surface area contributed by atoms with Gasteiger partial charge in [-0.2, -0.15) is 0 Å². The molecule has 1 aliphatic rings. The number of anilines is 1. The Balaban J connectivity index is 1.69. The van der Waals surface area contributed by atoms with E-state index in [0.717, 1.165) is 57.2 Å². The lowest BCUT2D eigenvalue weighted by molar-refractivity contribution is 0.329. The molecule has 0 radical (unpaired) electrons. The molecule has 3 N–H and O–H groups in total.